The van der Waals surface area contributed by atoms with Gasteiger partial charge in [-0.1, -0.05) is 0 Å². The molecule has 72 valence electrons. The molecule has 0 amide bonds. The highest BCUT2D eigenvalue weighted by Crippen LogP contribution is 2.12. The number of rotatable bonds is 3. The van der Waals surface area contributed by atoms with Crippen molar-refractivity contribution in [3.05, 3.63) is 24.3 Å². The Hall–Kier alpha value is -0.940. The number of hydrogen-bond acceptors (Lipinski definition) is 3. The molecule has 1 aromatic rings. The first-order chi connectivity index (χ1) is 6.03. The SMILES string of the molecule is Nc1ccc(NS(=O)(=O)CCl)cc1. The summed E-state index contributed by atoms with van der Waals surface area (Å²) >= 11 is 5.20. The summed E-state index contributed by atoms with van der Waals surface area (Å²) in [6.45, 7) is 0. The van der Waals surface area contributed by atoms with Crippen LogP contribution >= 0.6 is 11.6 Å². The summed E-state index contributed by atoms with van der Waals surface area (Å²) in [5, 5.41) is -0.461. The van der Waals surface area contributed by atoms with Crippen LogP contribution in [0.4, 0.5) is 11.4 Å². The minimum atomic E-state index is -3.41. The largest absolute Gasteiger partial charge is 0.399 e. The van der Waals surface area contributed by atoms with E-state index in [2.05, 4.69) is 4.72 Å². The van der Waals surface area contributed by atoms with Crippen molar-refractivity contribution in [2.24, 2.45) is 0 Å². The van der Waals surface area contributed by atoms with Crippen LogP contribution in [0, 0.1) is 0 Å². The van der Waals surface area contributed by atoms with E-state index >= 15 is 0 Å². The first-order valence-corrected chi connectivity index (χ1v) is 5.64. The second-order valence-corrected chi connectivity index (χ2v) is 4.75. The first-order valence-electron chi connectivity index (χ1n) is 3.45. The van der Waals surface area contributed by atoms with Crippen molar-refractivity contribution in [3.63, 3.8) is 0 Å². The fraction of sp³-hybridized carbons (Fsp3) is 0.143. The zero-order valence-corrected chi connectivity index (χ0v) is 8.27. The maximum atomic E-state index is 11.0. The molecule has 1 rings (SSSR count). The van der Waals surface area contributed by atoms with E-state index in [1.165, 1.54) is 0 Å². The predicted molar refractivity (Wildman–Crippen MR) is 54.1 cm³/mol. The van der Waals surface area contributed by atoms with E-state index in [0.717, 1.165) is 0 Å². The van der Waals surface area contributed by atoms with Gasteiger partial charge < -0.3 is 5.73 Å². The van der Waals surface area contributed by atoms with Crippen molar-refractivity contribution >= 4 is 33.0 Å². The van der Waals surface area contributed by atoms with Gasteiger partial charge in [0.25, 0.3) is 0 Å². The van der Waals surface area contributed by atoms with E-state index in [4.69, 9.17) is 17.3 Å². The summed E-state index contributed by atoms with van der Waals surface area (Å²) in [4.78, 5) is 0. The molecule has 0 radical (unpaired) electrons. The Kier molecular flexibility index (Phi) is 3.00. The number of hydrogen-bond donors (Lipinski definition) is 2. The van der Waals surface area contributed by atoms with Gasteiger partial charge in [0, 0.05) is 11.4 Å². The Morgan fingerprint density at radius 2 is 1.85 bits per heavy atom. The zero-order chi connectivity index (χ0) is 9.90. The zero-order valence-electron chi connectivity index (χ0n) is 6.70. The lowest BCUT2D eigenvalue weighted by Crippen LogP contribution is -2.13. The minimum absolute atomic E-state index is 0.454. The Morgan fingerprint density at radius 3 is 2.31 bits per heavy atom. The Balaban J connectivity index is 2.82. The van der Waals surface area contributed by atoms with Crippen molar-refractivity contribution in [2.45, 2.75) is 0 Å². The van der Waals surface area contributed by atoms with Crippen molar-refractivity contribution < 1.29 is 8.42 Å². The minimum Gasteiger partial charge on any atom is -0.399 e. The molecule has 0 fully saturated rings. The standard InChI is InChI=1S/C7H9ClN2O2S/c8-5-13(11,12)10-7-3-1-6(9)2-4-7/h1-4,10H,5,9H2. The summed E-state index contributed by atoms with van der Waals surface area (Å²) in [5.41, 5.74) is 6.45. The molecule has 0 aliphatic carbocycles. The Morgan fingerprint density at radius 1 is 1.31 bits per heavy atom. The molecule has 0 aliphatic heterocycles. The van der Waals surface area contributed by atoms with E-state index in [1.54, 1.807) is 24.3 Å². The van der Waals surface area contributed by atoms with Gasteiger partial charge in [0.1, 0.15) is 5.21 Å². The highest BCUT2D eigenvalue weighted by Gasteiger charge is 2.06. The number of nitrogens with two attached hydrogens (primary N) is 1. The van der Waals surface area contributed by atoms with Crippen LogP contribution in [0.25, 0.3) is 0 Å². The number of nitrogen functional groups attached to an aromatic ring is 1. The summed E-state index contributed by atoms with van der Waals surface area (Å²) in [5.74, 6) is 0. The summed E-state index contributed by atoms with van der Waals surface area (Å²) in [6.07, 6.45) is 0. The molecule has 0 aliphatic rings. The normalized spacial score (nSPS) is 11.2. The van der Waals surface area contributed by atoms with Gasteiger partial charge in [0.2, 0.25) is 10.0 Å². The third kappa shape index (κ3) is 3.12. The molecule has 0 saturated heterocycles. The van der Waals surface area contributed by atoms with Crippen molar-refractivity contribution in [1.29, 1.82) is 0 Å². The van der Waals surface area contributed by atoms with Crippen molar-refractivity contribution in [1.82, 2.24) is 0 Å². The van der Waals surface area contributed by atoms with Gasteiger partial charge in [-0.25, -0.2) is 8.42 Å². The third-order valence-corrected chi connectivity index (χ3v) is 3.02. The Bertz CT molecular complexity index is 374. The predicted octanol–water partition coefficient (Wildman–Crippen LogP) is 1.21. The van der Waals surface area contributed by atoms with Gasteiger partial charge in [0.15, 0.2) is 0 Å². The van der Waals surface area contributed by atoms with Crippen molar-refractivity contribution in [3.8, 4) is 0 Å². The lowest BCUT2D eigenvalue weighted by Gasteiger charge is -2.04. The first kappa shape index (κ1) is 10.1. The number of anilines is 2. The van der Waals surface area contributed by atoms with Crippen LogP contribution in [-0.2, 0) is 10.0 Å². The average Bonchev–Trinajstić information content (AvgIpc) is 2.09. The summed E-state index contributed by atoms with van der Waals surface area (Å²) in [6, 6.07) is 6.34. The van der Waals surface area contributed by atoms with Gasteiger partial charge in [0.05, 0.1) is 0 Å². The fourth-order valence-corrected chi connectivity index (χ4v) is 1.47. The van der Waals surface area contributed by atoms with E-state index in [0.29, 0.717) is 11.4 Å². The van der Waals surface area contributed by atoms with Crippen LogP contribution in [0.3, 0.4) is 0 Å². The lowest BCUT2D eigenvalue weighted by atomic mass is 10.3. The van der Waals surface area contributed by atoms with Gasteiger partial charge in [-0.15, -0.1) is 11.6 Å². The molecule has 0 atom stereocenters. The highest BCUT2D eigenvalue weighted by molar-refractivity contribution is 7.93. The second-order valence-electron chi connectivity index (χ2n) is 2.45. The van der Waals surface area contributed by atoms with Gasteiger partial charge in [-0.2, -0.15) is 0 Å². The molecule has 4 nitrogen and oxygen atoms in total. The maximum absolute atomic E-state index is 11.0. The second kappa shape index (κ2) is 3.85. The van der Waals surface area contributed by atoms with Crippen LogP contribution in [0.1, 0.15) is 0 Å². The Labute approximate surface area is 81.8 Å². The molecule has 0 spiro atoms. The summed E-state index contributed by atoms with van der Waals surface area (Å²) < 4.78 is 24.2. The number of alkyl halides is 1. The van der Waals surface area contributed by atoms with E-state index in [1.807, 2.05) is 0 Å². The number of benzene rings is 1. The number of sulfonamides is 1. The number of nitrogens with one attached hydrogen (secondary N) is 1. The van der Waals surface area contributed by atoms with Crippen molar-refractivity contribution in [2.75, 3.05) is 15.7 Å². The van der Waals surface area contributed by atoms with Crippen LogP contribution in [0.15, 0.2) is 24.3 Å². The van der Waals surface area contributed by atoms with Crippen LogP contribution in [0.5, 0.6) is 0 Å². The van der Waals surface area contributed by atoms with E-state index in [9.17, 15) is 8.42 Å². The molecule has 0 saturated carbocycles. The van der Waals surface area contributed by atoms with Gasteiger partial charge in [-0.05, 0) is 24.3 Å². The monoisotopic (exact) mass is 220 g/mol. The lowest BCUT2D eigenvalue weighted by molar-refractivity contribution is 0.605. The maximum Gasteiger partial charge on any atom is 0.246 e. The molecular weight excluding hydrogens is 212 g/mol. The molecule has 3 N–H and O–H groups in total. The molecule has 0 aromatic heterocycles. The van der Waals surface area contributed by atoms with Crippen LogP contribution < -0.4 is 10.5 Å². The third-order valence-electron chi connectivity index (χ3n) is 1.33. The van der Waals surface area contributed by atoms with E-state index in [-0.39, 0.29) is 0 Å². The average molecular weight is 221 g/mol. The number of halogens is 1. The molecule has 1 aromatic carbocycles. The highest BCUT2D eigenvalue weighted by atomic mass is 35.5. The molecule has 13 heavy (non-hydrogen) atoms. The fourth-order valence-electron chi connectivity index (χ4n) is 0.758. The molecule has 6 heteroatoms. The van der Waals surface area contributed by atoms with Gasteiger partial charge in [-0.3, -0.25) is 4.72 Å². The van der Waals surface area contributed by atoms with Crippen LogP contribution in [0.2, 0.25) is 0 Å². The smallest absolute Gasteiger partial charge is 0.246 e. The quantitative estimate of drug-likeness (QED) is 0.594. The summed E-state index contributed by atoms with van der Waals surface area (Å²) in [7, 11) is -3.41. The molecular formula is C7H9ClN2O2S. The van der Waals surface area contributed by atoms with Crippen LogP contribution in [-0.4, -0.2) is 13.6 Å². The molecule has 0 heterocycles. The molecule has 0 unspecified atom stereocenters. The topological polar surface area (TPSA) is 72.2 Å². The molecule has 0 bridgehead atoms. The van der Waals surface area contributed by atoms with Gasteiger partial charge >= 0.3 is 0 Å². The van der Waals surface area contributed by atoms with E-state index < -0.39 is 15.2 Å².